The average molecular weight is 262 g/mol. The lowest BCUT2D eigenvalue weighted by Gasteiger charge is -2.45. The number of nitrogens with zero attached hydrogens (tertiary/aromatic N) is 1. The van der Waals surface area contributed by atoms with Crippen LogP contribution in [-0.2, 0) is 0 Å². The lowest BCUT2D eigenvalue weighted by atomic mass is 9.84. The lowest BCUT2D eigenvalue weighted by Crippen LogP contribution is -2.59. The Labute approximate surface area is 119 Å². The summed E-state index contributed by atoms with van der Waals surface area (Å²) < 4.78 is 0. The van der Waals surface area contributed by atoms with Crippen molar-refractivity contribution in [1.82, 2.24) is 10.2 Å². The first-order chi connectivity index (χ1) is 9.33. The van der Waals surface area contributed by atoms with Gasteiger partial charge in [-0.1, -0.05) is 19.8 Å². The van der Waals surface area contributed by atoms with E-state index < -0.39 is 0 Å². The normalized spacial score (nSPS) is 24.1. The van der Waals surface area contributed by atoms with E-state index in [4.69, 9.17) is 0 Å². The monoisotopic (exact) mass is 262 g/mol. The van der Waals surface area contributed by atoms with Crippen LogP contribution in [0.5, 0.6) is 0 Å². The Hall–Kier alpha value is -0.520. The highest BCUT2D eigenvalue weighted by atomic mass is 15.2. The average Bonchev–Trinajstić information content (AvgIpc) is 3.10. The molecule has 2 heteroatoms. The minimum Gasteiger partial charge on any atom is -0.311 e. The van der Waals surface area contributed by atoms with Crippen LogP contribution < -0.4 is 5.32 Å². The second-order valence-corrected chi connectivity index (χ2v) is 6.14. The molecule has 108 valence electrons. The molecule has 0 aromatic heterocycles. The van der Waals surface area contributed by atoms with Crippen molar-refractivity contribution in [1.29, 1.82) is 0 Å². The predicted molar refractivity (Wildman–Crippen MR) is 82.2 cm³/mol. The fraction of sp³-hybridized carbons (Fsp3) is 0.882. The van der Waals surface area contributed by atoms with E-state index >= 15 is 0 Å². The minimum atomic E-state index is 0.412. The highest BCUT2D eigenvalue weighted by Crippen LogP contribution is 2.40. The first-order valence-corrected chi connectivity index (χ1v) is 8.21. The molecule has 1 unspecified atom stereocenters. The summed E-state index contributed by atoms with van der Waals surface area (Å²) in [7, 11) is 0. The van der Waals surface area contributed by atoms with Crippen molar-refractivity contribution in [3.05, 3.63) is 0 Å². The molecule has 1 atom stereocenters. The fourth-order valence-corrected chi connectivity index (χ4v) is 4.01. The Bertz CT molecular complexity index is 314. The van der Waals surface area contributed by atoms with Crippen LogP contribution in [0.15, 0.2) is 0 Å². The molecule has 1 N–H and O–H groups in total. The van der Waals surface area contributed by atoms with Crippen molar-refractivity contribution in [3.63, 3.8) is 0 Å². The van der Waals surface area contributed by atoms with Gasteiger partial charge < -0.3 is 5.32 Å². The first-order valence-electron chi connectivity index (χ1n) is 8.21. The molecule has 2 fully saturated rings. The molecule has 0 bridgehead atoms. The quantitative estimate of drug-likeness (QED) is 0.740. The van der Waals surface area contributed by atoms with Gasteiger partial charge >= 0.3 is 0 Å². The molecular formula is C17H30N2. The van der Waals surface area contributed by atoms with Gasteiger partial charge in [-0.2, -0.15) is 0 Å². The summed E-state index contributed by atoms with van der Waals surface area (Å²) in [6.45, 7) is 7.97. The van der Waals surface area contributed by atoms with Crippen molar-refractivity contribution >= 4 is 0 Å². The largest absolute Gasteiger partial charge is 0.311 e. The van der Waals surface area contributed by atoms with Gasteiger partial charge in [-0.05, 0) is 58.7 Å². The second-order valence-electron chi connectivity index (χ2n) is 6.14. The molecular weight excluding hydrogens is 232 g/mol. The van der Waals surface area contributed by atoms with Crippen LogP contribution in [0.3, 0.4) is 0 Å². The third-order valence-corrected chi connectivity index (χ3v) is 4.98. The molecule has 2 nitrogen and oxygen atoms in total. The Kier molecular flexibility index (Phi) is 5.73. The summed E-state index contributed by atoms with van der Waals surface area (Å²) in [5.41, 5.74) is 0.412. The topological polar surface area (TPSA) is 15.3 Å². The zero-order chi connectivity index (χ0) is 13.6. The van der Waals surface area contributed by atoms with E-state index in [2.05, 4.69) is 29.0 Å². The van der Waals surface area contributed by atoms with Crippen LogP contribution in [0, 0.1) is 11.8 Å². The van der Waals surface area contributed by atoms with Crippen LogP contribution in [0.4, 0.5) is 0 Å². The fourth-order valence-electron chi connectivity index (χ4n) is 4.01. The Morgan fingerprint density at radius 3 is 2.42 bits per heavy atom. The van der Waals surface area contributed by atoms with Crippen molar-refractivity contribution in [2.45, 2.75) is 76.8 Å². The zero-order valence-corrected chi connectivity index (χ0v) is 12.8. The molecule has 0 aromatic rings. The second kappa shape index (κ2) is 7.31. The third-order valence-electron chi connectivity index (χ3n) is 4.98. The zero-order valence-electron chi connectivity index (χ0n) is 12.8. The van der Waals surface area contributed by atoms with E-state index in [0.29, 0.717) is 11.6 Å². The summed E-state index contributed by atoms with van der Waals surface area (Å²) in [4.78, 5) is 2.80. The predicted octanol–water partition coefficient (Wildman–Crippen LogP) is 3.18. The van der Waals surface area contributed by atoms with Crippen LogP contribution in [0.25, 0.3) is 0 Å². The third kappa shape index (κ3) is 3.33. The maximum absolute atomic E-state index is 3.82. The molecule has 1 aliphatic heterocycles. The number of likely N-dealkylation sites (tertiary alicyclic amines) is 1. The Morgan fingerprint density at radius 1 is 1.16 bits per heavy atom. The van der Waals surface area contributed by atoms with Crippen LogP contribution in [-0.4, -0.2) is 36.1 Å². The van der Waals surface area contributed by atoms with Gasteiger partial charge in [0.05, 0.1) is 0 Å². The van der Waals surface area contributed by atoms with Gasteiger partial charge in [0, 0.05) is 18.0 Å². The first kappa shape index (κ1) is 14.9. The maximum Gasteiger partial charge on any atom is 0.0371 e. The lowest BCUT2D eigenvalue weighted by molar-refractivity contribution is 0.0785. The van der Waals surface area contributed by atoms with E-state index in [0.717, 1.165) is 13.0 Å². The van der Waals surface area contributed by atoms with E-state index in [9.17, 15) is 0 Å². The van der Waals surface area contributed by atoms with E-state index in [-0.39, 0.29) is 0 Å². The molecule has 2 aliphatic rings. The van der Waals surface area contributed by atoms with Gasteiger partial charge in [0.2, 0.25) is 0 Å². The molecule has 1 heterocycles. The molecule has 1 aliphatic carbocycles. The van der Waals surface area contributed by atoms with E-state index in [1.807, 2.05) is 6.92 Å². The minimum absolute atomic E-state index is 0.412. The van der Waals surface area contributed by atoms with Gasteiger partial charge in [-0.25, -0.2) is 0 Å². The standard InChI is InChI=1S/C17H30N2/c1-3-5-10-16(18-13-4-2)17(11-6-7-12-17)19-14-8-9-15-19/h16,18H,4,6-15H2,1-2H3. The SMILES string of the molecule is CC#CCC(NCCC)C1(N2CCCC2)CCCC1. The van der Waals surface area contributed by atoms with Crippen molar-refractivity contribution in [3.8, 4) is 11.8 Å². The number of rotatable bonds is 6. The smallest absolute Gasteiger partial charge is 0.0371 e. The molecule has 1 saturated carbocycles. The Balaban J connectivity index is 2.13. The van der Waals surface area contributed by atoms with Gasteiger partial charge in [0.1, 0.15) is 0 Å². The van der Waals surface area contributed by atoms with Crippen molar-refractivity contribution < 1.29 is 0 Å². The van der Waals surface area contributed by atoms with Gasteiger partial charge in [0.25, 0.3) is 0 Å². The molecule has 0 aromatic carbocycles. The summed E-state index contributed by atoms with van der Waals surface area (Å²) >= 11 is 0. The summed E-state index contributed by atoms with van der Waals surface area (Å²) in [5, 5.41) is 3.82. The summed E-state index contributed by atoms with van der Waals surface area (Å²) in [6, 6.07) is 0.570. The molecule has 0 radical (unpaired) electrons. The highest BCUT2D eigenvalue weighted by Gasteiger charge is 2.45. The van der Waals surface area contributed by atoms with Gasteiger partial charge in [-0.3, -0.25) is 4.90 Å². The highest BCUT2D eigenvalue weighted by molar-refractivity contribution is 5.10. The van der Waals surface area contributed by atoms with Gasteiger partial charge in [-0.15, -0.1) is 11.8 Å². The van der Waals surface area contributed by atoms with Crippen molar-refractivity contribution in [2.75, 3.05) is 19.6 Å². The van der Waals surface area contributed by atoms with Crippen LogP contribution in [0.2, 0.25) is 0 Å². The number of hydrogen-bond donors (Lipinski definition) is 1. The summed E-state index contributed by atoms with van der Waals surface area (Å²) in [6.07, 6.45) is 10.6. The van der Waals surface area contributed by atoms with Crippen LogP contribution in [0.1, 0.15) is 65.2 Å². The Morgan fingerprint density at radius 2 is 1.84 bits per heavy atom. The van der Waals surface area contributed by atoms with Gasteiger partial charge in [0.15, 0.2) is 0 Å². The molecule has 0 spiro atoms. The van der Waals surface area contributed by atoms with Crippen LogP contribution >= 0.6 is 0 Å². The maximum atomic E-state index is 3.82. The van der Waals surface area contributed by atoms with Crippen molar-refractivity contribution in [2.24, 2.45) is 0 Å². The van der Waals surface area contributed by atoms with E-state index in [1.54, 1.807) is 0 Å². The molecule has 0 amide bonds. The number of hydrogen-bond acceptors (Lipinski definition) is 2. The van der Waals surface area contributed by atoms with E-state index in [1.165, 1.54) is 58.0 Å². The summed E-state index contributed by atoms with van der Waals surface area (Å²) in [5.74, 6) is 6.44. The molecule has 2 rings (SSSR count). The molecule has 19 heavy (non-hydrogen) atoms. The molecule has 1 saturated heterocycles. The number of nitrogens with one attached hydrogen (secondary N) is 1.